The Balaban J connectivity index is 0.000000238. The van der Waals surface area contributed by atoms with Crippen LogP contribution in [0.2, 0.25) is 0 Å². The molecule has 17 heteroatoms. The fourth-order valence-electron chi connectivity index (χ4n) is 6.52. The van der Waals surface area contributed by atoms with Gasteiger partial charge in [0.05, 0.1) is 40.7 Å². The van der Waals surface area contributed by atoms with Gasteiger partial charge in [-0.2, -0.15) is 0 Å². The van der Waals surface area contributed by atoms with E-state index in [-0.39, 0.29) is 47.6 Å². The molecule has 2 aromatic carbocycles. The Morgan fingerprint density at radius 1 is 0.828 bits per heavy atom. The van der Waals surface area contributed by atoms with Crippen LogP contribution >= 0.6 is 0 Å². The Morgan fingerprint density at radius 3 is 1.95 bits per heavy atom. The van der Waals surface area contributed by atoms with E-state index in [1.54, 1.807) is 14.0 Å². The first-order valence-corrected chi connectivity index (χ1v) is 19.0. The molecule has 0 bridgehead atoms. The largest absolute Gasteiger partial charge is 0.497 e. The van der Waals surface area contributed by atoms with E-state index in [0.717, 1.165) is 54.2 Å². The van der Waals surface area contributed by atoms with Gasteiger partial charge in [-0.15, -0.1) is 0 Å². The lowest BCUT2D eigenvalue weighted by atomic mass is 9.89. The molecule has 0 unspecified atom stereocenters. The minimum atomic E-state index is -1.29. The van der Waals surface area contributed by atoms with Crippen LogP contribution in [0.15, 0.2) is 65.4 Å². The van der Waals surface area contributed by atoms with Crippen molar-refractivity contribution < 1.29 is 63.7 Å². The number of rotatable bonds is 18. The second-order valence-corrected chi connectivity index (χ2v) is 13.7. The number of carbonyl (C=O) groups excluding carboxylic acids is 3. The third kappa shape index (κ3) is 12.3. The summed E-state index contributed by atoms with van der Waals surface area (Å²) in [5, 5.41) is 47.8. The number of carboxylic acids is 1. The Labute approximate surface area is 336 Å². The van der Waals surface area contributed by atoms with Crippen LogP contribution in [0.5, 0.6) is 5.75 Å². The number of ether oxygens (including phenoxy) is 4. The van der Waals surface area contributed by atoms with Gasteiger partial charge in [0, 0.05) is 17.8 Å². The van der Waals surface area contributed by atoms with E-state index in [9.17, 15) is 29.4 Å². The molecule has 17 nitrogen and oxygen atoms in total. The summed E-state index contributed by atoms with van der Waals surface area (Å²) in [6.07, 6.45) is 5.91. The number of allylic oxidation sites excluding steroid dienone is 2. The van der Waals surface area contributed by atoms with Gasteiger partial charge in [0.1, 0.15) is 29.9 Å². The number of ketones is 2. The average Bonchev–Trinajstić information content (AvgIpc) is 3.73. The van der Waals surface area contributed by atoms with Gasteiger partial charge in [0.25, 0.3) is 5.91 Å². The van der Waals surface area contributed by atoms with Crippen molar-refractivity contribution in [3.8, 4) is 5.75 Å². The highest BCUT2D eigenvalue weighted by atomic mass is 16.6. The van der Waals surface area contributed by atoms with Crippen LogP contribution in [0.1, 0.15) is 87.0 Å². The summed E-state index contributed by atoms with van der Waals surface area (Å²) in [7, 11) is 4.38. The molecule has 9 N–H and O–H groups in total. The first-order valence-electron chi connectivity index (χ1n) is 19.0. The van der Waals surface area contributed by atoms with Gasteiger partial charge >= 0.3 is 5.97 Å². The Bertz CT molecular complexity index is 1940. The fraction of sp³-hybridized carbons (Fsp3) is 0.488. The second-order valence-electron chi connectivity index (χ2n) is 13.7. The van der Waals surface area contributed by atoms with Crippen LogP contribution < -0.4 is 16.2 Å². The summed E-state index contributed by atoms with van der Waals surface area (Å²) in [6.45, 7) is 1.51. The normalized spacial score (nSPS) is 19.0. The van der Waals surface area contributed by atoms with Crippen molar-refractivity contribution in [2.24, 2.45) is 5.73 Å². The molecule has 318 valence electrons. The summed E-state index contributed by atoms with van der Waals surface area (Å²) in [6, 6.07) is 11.4. The van der Waals surface area contributed by atoms with Gasteiger partial charge in [-0.1, -0.05) is 62.8 Å². The number of nitrogen functional groups attached to an aromatic ring is 1. The van der Waals surface area contributed by atoms with E-state index in [1.807, 2.05) is 36.4 Å². The van der Waals surface area contributed by atoms with Crippen LogP contribution in [0.3, 0.4) is 0 Å². The monoisotopic (exact) mass is 812 g/mol. The SMILES string of the molecule is COC1=C(OC)C(=O)C(CCCCCCCCCCO)=C(C)C1=O.COc1ccc2cc(CC(=O)O)ccc2c1.NC(=O)c1ncn([C@@H]2O[C@H](CO)[C@@H](O)[C@H]2O)c1N. The topological polar surface area (TPSA) is 276 Å². The summed E-state index contributed by atoms with van der Waals surface area (Å²) in [5.74, 6) is -1.34. The molecule has 0 radical (unpaired) electrons. The fourth-order valence-corrected chi connectivity index (χ4v) is 6.52. The van der Waals surface area contributed by atoms with Crippen LogP contribution in [0.25, 0.3) is 10.8 Å². The number of anilines is 1. The van der Waals surface area contributed by atoms with E-state index in [1.165, 1.54) is 44.4 Å². The number of nitrogens with two attached hydrogens (primary N) is 2. The van der Waals surface area contributed by atoms with Crippen molar-refractivity contribution in [3.05, 3.63) is 76.6 Å². The molecule has 0 saturated carbocycles. The minimum absolute atomic E-state index is 0.00614. The standard InChI is InChI=1S/C19H30O5.C13H12O3.C9H14N4O5/c1-14-15(12-10-8-6-4-5-7-9-11-13-20)17(22)19(24-3)18(23-2)16(14)21;1-16-12-5-4-10-6-9(7-13(14)15)2-3-11(10)8-12;10-7-4(8(11)17)12-2-13(7)9-6(16)5(15)3(1-14)18-9/h20H,4-13H2,1-3H3;2-6,8H,7H2,1H3,(H,14,15);2-3,5-6,9,14-16H,1,10H2,(H2,11,17)/t;;3-,5-,6-,9-/m..1/s1. The number of primary amides is 1. The maximum atomic E-state index is 12.5. The number of aliphatic hydroxyl groups is 4. The van der Waals surface area contributed by atoms with E-state index in [0.29, 0.717) is 17.6 Å². The summed E-state index contributed by atoms with van der Waals surface area (Å²) in [5.41, 5.74) is 12.4. The maximum absolute atomic E-state index is 12.5. The lowest BCUT2D eigenvalue weighted by Crippen LogP contribution is -2.33. The number of Topliss-reactive ketones (excluding diaryl/α,β-unsaturated/α-hetero) is 2. The summed E-state index contributed by atoms with van der Waals surface area (Å²) >= 11 is 0. The number of amides is 1. The lowest BCUT2D eigenvalue weighted by molar-refractivity contribution is -0.136. The molecule has 1 fully saturated rings. The molecule has 58 heavy (non-hydrogen) atoms. The molecule has 4 atom stereocenters. The molecule has 1 saturated heterocycles. The van der Waals surface area contributed by atoms with Crippen molar-refractivity contribution in [3.63, 3.8) is 0 Å². The van der Waals surface area contributed by atoms with Gasteiger partial charge < -0.3 is 55.9 Å². The number of unbranched alkanes of at least 4 members (excludes halogenated alkanes) is 7. The van der Waals surface area contributed by atoms with E-state index in [4.69, 9.17) is 45.7 Å². The number of carboxylic acid groups (broad SMARTS) is 1. The van der Waals surface area contributed by atoms with E-state index in [2.05, 4.69) is 4.98 Å². The number of methoxy groups -OCH3 is 3. The first kappa shape index (κ1) is 47.0. The average molecular weight is 813 g/mol. The van der Waals surface area contributed by atoms with Crippen molar-refractivity contribution in [2.45, 2.75) is 95.7 Å². The molecule has 1 aliphatic heterocycles. The number of benzene rings is 2. The molecule has 1 aliphatic carbocycles. The zero-order valence-corrected chi connectivity index (χ0v) is 33.4. The third-order valence-corrected chi connectivity index (χ3v) is 9.75. The molecular formula is C41H56N4O13. The van der Waals surface area contributed by atoms with Gasteiger partial charge in [-0.05, 0) is 54.7 Å². The zero-order chi connectivity index (χ0) is 42.9. The van der Waals surface area contributed by atoms with Crippen molar-refractivity contribution >= 4 is 40.0 Å². The van der Waals surface area contributed by atoms with E-state index >= 15 is 0 Å². The Kier molecular flexibility index (Phi) is 18.8. The molecular weight excluding hydrogens is 756 g/mol. The van der Waals surface area contributed by atoms with Gasteiger partial charge in [0.15, 0.2) is 11.9 Å². The first-order chi connectivity index (χ1) is 27.7. The predicted octanol–water partition coefficient (Wildman–Crippen LogP) is 3.11. The number of aromatic nitrogens is 2. The number of imidazole rings is 1. The number of aliphatic hydroxyl groups excluding tert-OH is 4. The van der Waals surface area contributed by atoms with Gasteiger partial charge in [-0.25, -0.2) is 4.98 Å². The molecule has 2 aliphatic rings. The molecule has 2 heterocycles. The summed E-state index contributed by atoms with van der Waals surface area (Å²) < 4.78 is 21.7. The van der Waals surface area contributed by atoms with Crippen molar-refractivity contribution in [1.29, 1.82) is 0 Å². The highest BCUT2D eigenvalue weighted by Gasteiger charge is 2.44. The highest BCUT2D eigenvalue weighted by molar-refractivity contribution is 6.23. The number of nitrogens with zero attached hydrogens (tertiary/aromatic N) is 2. The molecule has 3 aromatic rings. The number of fused-ring (bicyclic) bond motifs is 1. The predicted molar refractivity (Wildman–Crippen MR) is 212 cm³/mol. The molecule has 0 spiro atoms. The van der Waals surface area contributed by atoms with Crippen LogP contribution in [-0.4, -0.2) is 111 Å². The second kappa shape index (κ2) is 23.2. The number of aliphatic carboxylic acids is 1. The third-order valence-electron chi connectivity index (χ3n) is 9.75. The lowest BCUT2D eigenvalue weighted by Gasteiger charge is -2.20. The van der Waals surface area contributed by atoms with Crippen molar-refractivity contribution in [1.82, 2.24) is 9.55 Å². The number of hydrogen-bond acceptors (Lipinski definition) is 14. The smallest absolute Gasteiger partial charge is 0.307 e. The van der Waals surface area contributed by atoms with Crippen molar-refractivity contribution in [2.75, 3.05) is 40.3 Å². The minimum Gasteiger partial charge on any atom is -0.497 e. The van der Waals surface area contributed by atoms with Crippen LogP contribution in [0.4, 0.5) is 5.82 Å². The van der Waals surface area contributed by atoms with Gasteiger partial charge in [0.2, 0.25) is 23.1 Å². The molecule has 1 aromatic heterocycles. The Hall–Kier alpha value is -5.33. The van der Waals surface area contributed by atoms with Crippen LogP contribution in [0, 0.1) is 0 Å². The molecule has 1 amide bonds. The number of carbonyl (C=O) groups is 4. The van der Waals surface area contributed by atoms with Gasteiger partial charge in [-0.3, -0.25) is 23.7 Å². The quantitative estimate of drug-likeness (QED) is 0.0718. The van der Waals surface area contributed by atoms with E-state index < -0.39 is 43.0 Å². The number of hydrogen-bond donors (Lipinski definition) is 7. The zero-order valence-electron chi connectivity index (χ0n) is 33.4. The Morgan fingerprint density at radius 2 is 1.41 bits per heavy atom. The summed E-state index contributed by atoms with van der Waals surface area (Å²) in [4.78, 5) is 50.0. The van der Waals surface area contributed by atoms with Crippen LogP contribution in [-0.2, 0) is 35.0 Å². The highest BCUT2D eigenvalue weighted by Crippen LogP contribution is 2.32. The molecule has 5 rings (SSSR count). The maximum Gasteiger partial charge on any atom is 0.307 e.